The second kappa shape index (κ2) is 6.90. The van der Waals surface area contributed by atoms with Crippen LogP contribution in [0.3, 0.4) is 0 Å². The zero-order valence-corrected chi connectivity index (χ0v) is 13.1. The van der Waals surface area contributed by atoms with Crippen LogP contribution in [0.15, 0.2) is 18.2 Å². The number of nitrogens with zero attached hydrogens (tertiary/aromatic N) is 1. The van der Waals surface area contributed by atoms with Gasteiger partial charge in [0.1, 0.15) is 0 Å². The van der Waals surface area contributed by atoms with Crippen LogP contribution < -0.4 is 4.72 Å². The monoisotopic (exact) mass is 322 g/mol. The second-order valence-electron chi connectivity index (χ2n) is 5.34. The Morgan fingerprint density at radius 3 is 2.82 bits per heavy atom. The maximum Gasteiger partial charge on any atom is 0.264 e. The third-order valence-electron chi connectivity index (χ3n) is 3.53. The number of nitrogens with one attached hydrogen (secondary N) is 1. The SMILES string of the molecule is Cc1cc(C#N)ccc1C(=O)NS(=O)(=O)C[C@@H]1CCCCO1. The molecular formula is C15H18N2O4S. The van der Waals surface area contributed by atoms with Crippen LogP contribution in [0.1, 0.15) is 40.7 Å². The van der Waals surface area contributed by atoms with E-state index >= 15 is 0 Å². The lowest BCUT2D eigenvalue weighted by atomic mass is 10.1. The van der Waals surface area contributed by atoms with E-state index in [0.29, 0.717) is 24.2 Å². The summed E-state index contributed by atoms with van der Waals surface area (Å²) in [6.07, 6.45) is 2.20. The second-order valence-corrected chi connectivity index (χ2v) is 7.11. The van der Waals surface area contributed by atoms with Crippen molar-refractivity contribution in [1.82, 2.24) is 4.72 Å². The minimum Gasteiger partial charge on any atom is -0.377 e. The number of amides is 1. The van der Waals surface area contributed by atoms with E-state index in [0.717, 1.165) is 12.8 Å². The van der Waals surface area contributed by atoms with Crippen LogP contribution >= 0.6 is 0 Å². The molecule has 1 fully saturated rings. The van der Waals surface area contributed by atoms with Crippen LogP contribution in [0, 0.1) is 18.3 Å². The average molecular weight is 322 g/mol. The van der Waals surface area contributed by atoms with Crippen molar-refractivity contribution in [3.63, 3.8) is 0 Å². The lowest BCUT2D eigenvalue weighted by molar-refractivity contribution is 0.0304. The van der Waals surface area contributed by atoms with Gasteiger partial charge >= 0.3 is 0 Å². The Kier molecular flexibility index (Phi) is 5.16. The first-order chi connectivity index (χ1) is 10.4. The van der Waals surface area contributed by atoms with Crippen LogP contribution in [0.2, 0.25) is 0 Å². The van der Waals surface area contributed by atoms with Gasteiger partial charge in [0.2, 0.25) is 10.0 Å². The van der Waals surface area contributed by atoms with E-state index in [-0.39, 0.29) is 17.4 Å². The first kappa shape index (κ1) is 16.5. The number of ether oxygens (including phenoxy) is 1. The molecule has 0 spiro atoms. The summed E-state index contributed by atoms with van der Waals surface area (Å²) >= 11 is 0. The number of carbonyl (C=O) groups is 1. The molecule has 0 saturated carbocycles. The van der Waals surface area contributed by atoms with Gasteiger partial charge in [-0.1, -0.05) is 0 Å². The lowest BCUT2D eigenvalue weighted by Crippen LogP contribution is -2.38. The molecule has 0 unspecified atom stereocenters. The molecular weight excluding hydrogens is 304 g/mol. The lowest BCUT2D eigenvalue weighted by Gasteiger charge is -2.22. The van der Waals surface area contributed by atoms with Crippen molar-refractivity contribution in [3.8, 4) is 6.07 Å². The zero-order chi connectivity index (χ0) is 16.2. The molecule has 7 heteroatoms. The molecule has 22 heavy (non-hydrogen) atoms. The molecule has 1 aliphatic rings. The van der Waals surface area contributed by atoms with Crippen LogP contribution in [-0.2, 0) is 14.8 Å². The number of nitriles is 1. The fourth-order valence-electron chi connectivity index (χ4n) is 2.41. The Balaban J connectivity index is 2.05. The normalized spacial score (nSPS) is 18.5. The van der Waals surface area contributed by atoms with Crippen molar-refractivity contribution in [3.05, 3.63) is 34.9 Å². The highest BCUT2D eigenvalue weighted by Crippen LogP contribution is 2.15. The molecule has 1 atom stereocenters. The van der Waals surface area contributed by atoms with Crippen LogP contribution in [0.5, 0.6) is 0 Å². The highest BCUT2D eigenvalue weighted by molar-refractivity contribution is 7.90. The third kappa shape index (κ3) is 4.29. The number of aryl methyl sites for hydroxylation is 1. The number of rotatable bonds is 4. The number of hydrogen-bond acceptors (Lipinski definition) is 5. The number of hydrogen-bond donors (Lipinski definition) is 1. The Morgan fingerprint density at radius 1 is 1.45 bits per heavy atom. The minimum atomic E-state index is -3.75. The van der Waals surface area contributed by atoms with Crippen molar-refractivity contribution in [2.24, 2.45) is 0 Å². The highest BCUT2D eigenvalue weighted by Gasteiger charge is 2.24. The first-order valence-corrected chi connectivity index (χ1v) is 8.74. The van der Waals surface area contributed by atoms with Gasteiger partial charge in [0, 0.05) is 12.2 Å². The Hall–Kier alpha value is -1.91. The van der Waals surface area contributed by atoms with Gasteiger partial charge in [-0.05, 0) is 49.9 Å². The van der Waals surface area contributed by atoms with Crippen molar-refractivity contribution in [1.29, 1.82) is 5.26 Å². The predicted molar refractivity (Wildman–Crippen MR) is 80.7 cm³/mol. The first-order valence-electron chi connectivity index (χ1n) is 7.08. The Bertz CT molecular complexity index is 701. The fraction of sp³-hybridized carbons (Fsp3) is 0.467. The summed E-state index contributed by atoms with van der Waals surface area (Å²) in [5.41, 5.74) is 1.22. The van der Waals surface area contributed by atoms with Crippen molar-refractivity contribution < 1.29 is 17.9 Å². The molecule has 0 bridgehead atoms. The standard InChI is InChI=1S/C15H18N2O4S/c1-11-8-12(9-16)5-6-14(11)15(18)17-22(19,20)10-13-4-2-3-7-21-13/h5-6,8,13H,2-4,7,10H2,1H3,(H,17,18)/t13-/m0/s1. The van der Waals surface area contributed by atoms with Gasteiger partial charge in [-0.3, -0.25) is 4.79 Å². The summed E-state index contributed by atoms with van der Waals surface area (Å²) in [6, 6.07) is 6.46. The van der Waals surface area contributed by atoms with Crippen molar-refractivity contribution >= 4 is 15.9 Å². The molecule has 1 saturated heterocycles. The van der Waals surface area contributed by atoms with Crippen LogP contribution in [0.25, 0.3) is 0 Å². The molecule has 1 aromatic carbocycles. The maximum absolute atomic E-state index is 12.1. The van der Waals surface area contributed by atoms with Crippen LogP contribution in [0.4, 0.5) is 0 Å². The molecule has 0 radical (unpaired) electrons. The summed E-state index contributed by atoms with van der Waals surface area (Å²) < 4.78 is 31.6. The molecule has 2 rings (SSSR count). The summed E-state index contributed by atoms with van der Waals surface area (Å²) in [7, 11) is -3.75. The molecule has 1 aromatic rings. The van der Waals surface area contributed by atoms with E-state index in [1.54, 1.807) is 13.0 Å². The van der Waals surface area contributed by atoms with E-state index < -0.39 is 15.9 Å². The number of benzene rings is 1. The van der Waals surface area contributed by atoms with E-state index in [1.165, 1.54) is 12.1 Å². The van der Waals surface area contributed by atoms with E-state index in [4.69, 9.17) is 10.00 Å². The van der Waals surface area contributed by atoms with Crippen molar-refractivity contribution in [2.45, 2.75) is 32.3 Å². The van der Waals surface area contributed by atoms with Gasteiger partial charge in [0.15, 0.2) is 0 Å². The molecule has 6 nitrogen and oxygen atoms in total. The molecule has 1 heterocycles. The predicted octanol–water partition coefficient (Wildman–Crippen LogP) is 1.50. The highest BCUT2D eigenvalue weighted by atomic mass is 32.2. The summed E-state index contributed by atoms with van der Waals surface area (Å²) in [6.45, 7) is 2.22. The Morgan fingerprint density at radius 2 is 2.23 bits per heavy atom. The topological polar surface area (TPSA) is 96.3 Å². The van der Waals surface area contributed by atoms with E-state index in [1.807, 2.05) is 6.07 Å². The summed E-state index contributed by atoms with van der Waals surface area (Å²) in [5.74, 6) is -0.897. The summed E-state index contributed by atoms with van der Waals surface area (Å²) in [4.78, 5) is 12.1. The van der Waals surface area contributed by atoms with Gasteiger partial charge in [0.25, 0.3) is 5.91 Å². The number of sulfonamides is 1. The fourth-order valence-corrected chi connectivity index (χ4v) is 3.64. The maximum atomic E-state index is 12.1. The molecule has 1 aliphatic heterocycles. The largest absolute Gasteiger partial charge is 0.377 e. The number of carbonyl (C=O) groups excluding carboxylic acids is 1. The van der Waals surface area contributed by atoms with Crippen molar-refractivity contribution in [2.75, 3.05) is 12.4 Å². The average Bonchev–Trinajstić information content (AvgIpc) is 2.46. The third-order valence-corrected chi connectivity index (χ3v) is 4.83. The quantitative estimate of drug-likeness (QED) is 0.906. The molecule has 1 amide bonds. The van der Waals surface area contributed by atoms with Crippen LogP contribution in [-0.4, -0.2) is 32.8 Å². The Labute approximate surface area is 130 Å². The van der Waals surface area contributed by atoms with Gasteiger partial charge < -0.3 is 4.74 Å². The minimum absolute atomic E-state index is 0.214. The van der Waals surface area contributed by atoms with Gasteiger partial charge in [-0.2, -0.15) is 5.26 Å². The summed E-state index contributed by atoms with van der Waals surface area (Å²) in [5, 5.41) is 8.80. The zero-order valence-electron chi connectivity index (χ0n) is 12.3. The van der Waals surface area contributed by atoms with E-state index in [2.05, 4.69) is 4.72 Å². The van der Waals surface area contributed by atoms with Gasteiger partial charge in [-0.15, -0.1) is 0 Å². The van der Waals surface area contributed by atoms with Gasteiger partial charge in [-0.25, -0.2) is 13.1 Å². The molecule has 0 aliphatic carbocycles. The van der Waals surface area contributed by atoms with Gasteiger partial charge in [0.05, 0.1) is 23.5 Å². The molecule has 118 valence electrons. The van der Waals surface area contributed by atoms with E-state index in [9.17, 15) is 13.2 Å². The molecule has 1 N–H and O–H groups in total. The smallest absolute Gasteiger partial charge is 0.264 e. The molecule has 0 aromatic heterocycles.